The maximum Gasteiger partial charge on any atom is 0.245 e. The van der Waals surface area contributed by atoms with Gasteiger partial charge in [0.1, 0.15) is 17.7 Å². The number of piperazine rings is 1. The minimum absolute atomic E-state index is 0.00933. The van der Waals surface area contributed by atoms with Crippen molar-refractivity contribution >= 4 is 11.8 Å². The summed E-state index contributed by atoms with van der Waals surface area (Å²) in [4.78, 5) is 27.9. The van der Waals surface area contributed by atoms with Crippen LogP contribution in [-0.4, -0.2) is 41.2 Å². The quantitative estimate of drug-likeness (QED) is 0.854. The summed E-state index contributed by atoms with van der Waals surface area (Å²) in [6.07, 6.45) is 0.355. The van der Waals surface area contributed by atoms with Gasteiger partial charge in [-0.05, 0) is 23.3 Å². The van der Waals surface area contributed by atoms with Gasteiger partial charge in [0.05, 0.1) is 6.54 Å². The van der Waals surface area contributed by atoms with E-state index in [1.165, 1.54) is 21.9 Å². The van der Waals surface area contributed by atoms with Crippen LogP contribution in [0.3, 0.4) is 0 Å². The van der Waals surface area contributed by atoms with Crippen molar-refractivity contribution in [3.8, 4) is 0 Å². The zero-order chi connectivity index (χ0) is 18.0. The van der Waals surface area contributed by atoms with Crippen molar-refractivity contribution < 1.29 is 18.4 Å². The molecule has 6 heteroatoms. The van der Waals surface area contributed by atoms with E-state index in [0.29, 0.717) is 12.0 Å². The first-order valence-electron chi connectivity index (χ1n) is 7.97. The van der Waals surface area contributed by atoms with Crippen LogP contribution in [0.15, 0.2) is 48.5 Å². The van der Waals surface area contributed by atoms with Crippen LogP contribution in [0.4, 0.5) is 8.78 Å². The molecule has 25 heavy (non-hydrogen) atoms. The van der Waals surface area contributed by atoms with Crippen molar-refractivity contribution in [3.05, 3.63) is 71.3 Å². The Hall–Kier alpha value is -2.76. The number of benzene rings is 2. The average molecular weight is 344 g/mol. The predicted molar refractivity (Wildman–Crippen MR) is 88.5 cm³/mol. The zero-order valence-electron chi connectivity index (χ0n) is 13.8. The average Bonchev–Trinajstić information content (AvgIpc) is 2.56. The molecule has 0 bridgehead atoms. The fourth-order valence-electron chi connectivity index (χ4n) is 3.07. The second-order valence-electron chi connectivity index (χ2n) is 6.20. The van der Waals surface area contributed by atoms with Crippen molar-refractivity contribution in [2.24, 2.45) is 0 Å². The summed E-state index contributed by atoms with van der Waals surface area (Å²) < 4.78 is 26.9. The monoisotopic (exact) mass is 344 g/mol. The van der Waals surface area contributed by atoms with Crippen LogP contribution in [0.5, 0.6) is 0 Å². The smallest absolute Gasteiger partial charge is 0.245 e. The molecule has 0 unspecified atom stereocenters. The van der Waals surface area contributed by atoms with Crippen molar-refractivity contribution in [1.82, 2.24) is 9.80 Å². The van der Waals surface area contributed by atoms with Gasteiger partial charge in [-0.1, -0.05) is 30.3 Å². The van der Waals surface area contributed by atoms with Crippen LogP contribution in [0.1, 0.15) is 11.1 Å². The lowest BCUT2D eigenvalue weighted by molar-refractivity contribution is -0.155. The van der Waals surface area contributed by atoms with E-state index in [0.717, 1.165) is 11.6 Å². The summed E-state index contributed by atoms with van der Waals surface area (Å²) in [5.74, 6) is -1.84. The molecule has 2 amide bonds. The van der Waals surface area contributed by atoms with E-state index >= 15 is 0 Å². The number of amides is 2. The summed E-state index contributed by atoms with van der Waals surface area (Å²) in [6.45, 7) is -0.0491. The minimum atomic E-state index is -0.706. The van der Waals surface area contributed by atoms with Gasteiger partial charge in [0, 0.05) is 26.1 Å². The van der Waals surface area contributed by atoms with E-state index in [4.69, 9.17) is 0 Å². The highest BCUT2D eigenvalue weighted by Gasteiger charge is 2.37. The van der Waals surface area contributed by atoms with E-state index < -0.39 is 17.7 Å². The van der Waals surface area contributed by atoms with Crippen LogP contribution >= 0.6 is 0 Å². The molecule has 2 aromatic carbocycles. The van der Waals surface area contributed by atoms with Gasteiger partial charge in [-0.15, -0.1) is 0 Å². The molecule has 2 aromatic rings. The van der Waals surface area contributed by atoms with Crippen molar-refractivity contribution in [3.63, 3.8) is 0 Å². The molecule has 0 saturated carbocycles. The standard InChI is InChI=1S/C19H18F2N2O2/c1-22-12-18(24)23(11-14-7-15(20)10-16(21)8-14)17(19(22)25)9-13-5-3-2-4-6-13/h2-8,10,17H,9,11-12H2,1H3/t17-/m1/s1. The normalized spacial score (nSPS) is 18.0. The number of hydrogen-bond acceptors (Lipinski definition) is 2. The maximum atomic E-state index is 13.4. The lowest BCUT2D eigenvalue weighted by Gasteiger charge is -2.39. The summed E-state index contributed by atoms with van der Waals surface area (Å²) in [7, 11) is 1.58. The Bertz CT molecular complexity index is 775. The molecule has 1 aliphatic heterocycles. The Balaban J connectivity index is 1.89. The van der Waals surface area contributed by atoms with Gasteiger partial charge in [0.15, 0.2) is 0 Å². The fraction of sp³-hybridized carbons (Fsp3) is 0.263. The molecule has 0 aromatic heterocycles. The molecule has 4 nitrogen and oxygen atoms in total. The highest BCUT2D eigenvalue weighted by Crippen LogP contribution is 2.20. The van der Waals surface area contributed by atoms with Gasteiger partial charge < -0.3 is 9.80 Å². The Labute approximate surface area is 144 Å². The molecule has 0 aliphatic carbocycles. The summed E-state index contributed by atoms with van der Waals surface area (Å²) in [5, 5.41) is 0. The third kappa shape index (κ3) is 3.84. The first kappa shape index (κ1) is 17.1. The Morgan fingerprint density at radius 3 is 2.28 bits per heavy atom. The minimum Gasteiger partial charge on any atom is -0.335 e. The first-order chi connectivity index (χ1) is 11.9. The Kier molecular flexibility index (Phi) is 4.79. The predicted octanol–water partition coefficient (Wildman–Crippen LogP) is 2.38. The molecule has 130 valence electrons. The molecule has 1 atom stereocenters. The third-order valence-corrected chi connectivity index (χ3v) is 4.28. The molecular formula is C19H18F2N2O2. The number of nitrogens with zero attached hydrogens (tertiary/aromatic N) is 2. The van der Waals surface area contributed by atoms with E-state index in [1.807, 2.05) is 30.3 Å². The summed E-state index contributed by atoms with van der Waals surface area (Å²) in [6, 6.07) is 11.8. The van der Waals surface area contributed by atoms with Crippen molar-refractivity contribution in [2.75, 3.05) is 13.6 Å². The topological polar surface area (TPSA) is 40.6 Å². The number of halogens is 2. The highest BCUT2D eigenvalue weighted by molar-refractivity contribution is 5.94. The highest BCUT2D eigenvalue weighted by atomic mass is 19.1. The summed E-state index contributed by atoms with van der Waals surface area (Å²) >= 11 is 0. The molecule has 0 radical (unpaired) electrons. The maximum absolute atomic E-state index is 13.4. The fourth-order valence-corrected chi connectivity index (χ4v) is 3.07. The summed E-state index contributed by atoms with van der Waals surface area (Å²) in [5.41, 5.74) is 1.24. The Morgan fingerprint density at radius 2 is 1.64 bits per heavy atom. The van der Waals surface area contributed by atoms with Gasteiger partial charge in [0.25, 0.3) is 0 Å². The van der Waals surface area contributed by atoms with Gasteiger partial charge >= 0.3 is 0 Å². The molecule has 1 saturated heterocycles. The number of hydrogen-bond donors (Lipinski definition) is 0. The number of carbonyl (C=O) groups is 2. The van der Waals surface area contributed by atoms with Gasteiger partial charge in [-0.2, -0.15) is 0 Å². The largest absolute Gasteiger partial charge is 0.335 e. The van der Waals surface area contributed by atoms with Crippen LogP contribution in [0, 0.1) is 11.6 Å². The van der Waals surface area contributed by atoms with Crippen LogP contribution in [0.2, 0.25) is 0 Å². The molecule has 1 fully saturated rings. The molecule has 1 heterocycles. The number of carbonyl (C=O) groups excluding carboxylic acids is 2. The van der Waals surface area contributed by atoms with E-state index in [1.54, 1.807) is 7.05 Å². The van der Waals surface area contributed by atoms with E-state index in [2.05, 4.69) is 0 Å². The third-order valence-electron chi connectivity index (χ3n) is 4.28. The number of likely N-dealkylation sites (N-methyl/N-ethyl adjacent to an activating group) is 1. The molecule has 1 aliphatic rings. The molecular weight excluding hydrogens is 326 g/mol. The molecule has 0 N–H and O–H groups in total. The van der Waals surface area contributed by atoms with Crippen LogP contribution in [-0.2, 0) is 22.6 Å². The van der Waals surface area contributed by atoms with Gasteiger partial charge in [-0.25, -0.2) is 8.78 Å². The van der Waals surface area contributed by atoms with Gasteiger partial charge in [0.2, 0.25) is 11.8 Å². The molecule has 3 rings (SSSR count). The first-order valence-corrected chi connectivity index (χ1v) is 7.97. The number of rotatable bonds is 4. The van der Waals surface area contributed by atoms with Crippen LogP contribution in [0.25, 0.3) is 0 Å². The SMILES string of the molecule is CN1CC(=O)N(Cc2cc(F)cc(F)c2)[C@H](Cc2ccccc2)C1=O. The molecule has 0 spiro atoms. The zero-order valence-corrected chi connectivity index (χ0v) is 13.8. The van der Waals surface area contributed by atoms with Crippen molar-refractivity contribution in [1.29, 1.82) is 0 Å². The second-order valence-corrected chi connectivity index (χ2v) is 6.20. The van der Waals surface area contributed by atoms with Crippen molar-refractivity contribution in [2.45, 2.75) is 19.0 Å². The van der Waals surface area contributed by atoms with Gasteiger partial charge in [-0.3, -0.25) is 9.59 Å². The lowest BCUT2D eigenvalue weighted by Crippen LogP contribution is -2.59. The second kappa shape index (κ2) is 7.01. The van der Waals surface area contributed by atoms with E-state index in [-0.39, 0.29) is 24.9 Å². The lowest BCUT2D eigenvalue weighted by atomic mass is 10.0. The Morgan fingerprint density at radius 1 is 1.00 bits per heavy atom. The van der Waals surface area contributed by atoms with E-state index in [9.17, 15) is 18.4 Å². The van der Waals surface area contributed by atoms with Crippen LogP contribution < -0.4 is 0 Å².